The third-order valence-electron chi connectivity index (χ3n) is 1.94. The van der Waals surface area contributed by atoms with Crippen LogP contribution >= 0.6 is 15.9 Å². The number of halogens is 1. The smallest absolute Gasteiger partial charge is 0.327 e. The summed E-state index contributed by atoms with van der Waals surface area (Å²) < 4.78 is 5.40. The topological polar surface area (TPSA) is 52.3 Å². The molecule has 14 heavy (non-hydrogen) atoms. The maximum Gasteiger partial charge on any atom is 0.327 e. The first kappa shape index (κ1) is 11.2. The molecule has 1 unspecified atom stereocenters. The molecule has 0 fully saturated rings. The molecule has 0 heterocycles. The van der Waals surface area contributed by atoms with E-state index in [0.717, 1.165) is 15.6 Å². The molecule has 1 aromatic rings. The van der Waals surface area contributed by atoms with Crippen LogP contribution in [0.3, 0.4) is 0 Å². The van der Waals surface area contributed by atoms with Crippen molar-refractivity contribution in [3.63, 3.8) is 0 Å². The minimum absolute atomic E-state index is 0.434. The van der Waals surface area contributed by atoms with E-state index in [1.54, 1.807) is 0 Å². The molecule has 0 bridgehead atoms. The first-order valence-electron chi connectivity index (χ1n) is 4.15. The van der Waals surface area contributed by atoms with Gasteiger partial charge in [-0.05, 0) is 18.6 Å². The standard InChI is InChI=1S/C10H12BrNO2/c1-6-3-4-8(11)7(5-6)9(12)10(13)14-2/h3-5,9H,12H2,1-2H3. The molecule has 0 aromatic heterocycles. The lowest BCUT2D eigenvalue weighted by molar-refractivity contribution is -0.142. The summed E-state index contributed by atoms with van der Waals surface area (Å²) >= 11 is 3.34. The lowest BCUT2D eigenvalue weighted by Crippen LogP contribution is -2.23. The average Bonchev–Trinajstić information content (AvgIpc) is 2.19. The van der Waals surface area contributed by atoms with Crippen molar-refractivity contribution in [2.45, 2.75) is 13.0 Å². The number of hydrogen-bond acceptors (Lipinski definition) is 3. The highest BCUT2D eigenvalue weighted by Crippen LogP contribution is 2.23. The number of benzene rings is 1. The van der Waals surface area contributed by atoms with E-state index in [9.17, 15) is 4.79 Å². The Morgan fingerprint density at radius 2 is 2.21 bits per heavy atom. The van der Waals surface area contributed by atoms with Gasteiger partial charge in [-0.25, -0.2) is 0 Å². The van der Waals surface area contributed by atoms with Crippen molar-refractivity contribution in [3.8, 4) is 0 Å². The lowest BCUT2D eigenvalue weighted by Gasteiger charge is -2.12. The van der Waals surface area contributed by atoms with Crippen LogP contribution < -0.4 is 5.73 Å². The number of rotatable bonds is 2. The molecule has 0 radical (unpaired) electrons. The Morgan fingerprint density at radius 1 is 1.57 bits per heavy atom. The van der Waals surface area contributed by atoms with Crippen LogP contribution in [0.2, 0.25) is 0 Å². The number of nitrogens with two attached hydrogens (primary N) is 1. The van der Waals surface area contributed by atoms with Crippen LogP contribution in [0.15, 0.2) is 22.7 Å². The summed E-state index contributed by atoms with van der Waals surface area (Å²) in [6.45, 7) is 1.94. The van der Waals surface area contributed by atoms with Crippen molar-refractivity contribution < 1.29 is 9.53 Å². The van der Waals surface area contributed by atoms with Gasteiger partial charge in [-0.2, -0.15) is 0 Å². The summed E-state index contributed by atoms with van der Waals surface area (Å²) in [7, 11) is 1.33. The number of hydrogen-bond donors (Lipinski definition) is 1. The van der Waals surface area contributed by atoms with Crippen LogP contribution in [-0.2, 0) is 9.53 Å². The van der Waals surface area contributed by atoms with Gasteiger partial charge in [0, 0.05) is 4.47 Å². The van der Waals surface area contributed by atoms with Gasteiger partial charge in [-0.3, -0.25) is 4.79 Å². The van der Waals surface area contributed by atoms with Crippen molar-refractivity contribution in [3.05, 3.63) is 33.8 Å². The first-order chi connectivity index (χ1) is 6.56. The normalized spacial score (nSPS) is 12.3. The molecular weight excluding hydrogens is 246 g/mol. The predicted octanol–water partition coefficient (Wildman–Crippen LogP) is 1.93. The Labute approximate surface area is 91.4 Å². The van der Waals surface area contributed by atoms with E-state index in [1.165, 1.54) is 7.11 Å². The Kier molecular flexibility index (Phi) is 3.66. The Balaban J connectivity index is 3.05. The summed E-state index contributed by atoms with van der Waals surface area (Å²) in [5, 5.41) is 0. The molecule has 2 N–H and O–H groups in total. The second-order valence-corrected chi connectivity index (χ2v) is 3.88. The third-order valence-corrected chi connectivity index (χ3v) is 2.66. The second kappa shape index (κ2) is 4.57. The van der Waals surface area contributed by atoms with E-state index in [0.29, 0.717) is 0 Å². The van der Waals surface area contributed by atoms with Crippen molar-refractivity contribution in [1.29, 1.82) is 0 Å². The Bertz CT molecular complexity index is 352. The molecule has 0 aliphatic heterocycles. The van der Waals surface area contributed by atoms with Gasteiger partial charge in [0.1, 0.15) is 6.04 Å². The van der Waals surface area contributed by atoms with E-state index >= 15 is 0 Å². The van der Waals surface area contributed by atoms with Gasteiger partial charge in [-0.15, -0.1) is 0 Å². The molecule has 1 atom stereocenters. The molecule has 76 valence electrons. The number of aryl methyl sites for hydroxylation is 1. The molecule has 3 nitrogen and oxygen atoms in total. The summed E-state index contributed by atoms with van der Waals surface area (Å²) in [5.41, 5.74) is 7.52. The fourth-order valence-corrected chi connectivity index (χ4v) is 1.65. The maximum absolute atomic E-state index is 11.2. The van der Waals surface area contributed by atoms with E-state index in [-0.39, 0.29) is 0 Å². The van der Waals surface area contributed by atoms with Gasteiger partial charge in [0.25, 0.3) is 0 Å². The number of carbonyl (C=O) groups excluding carboxylic acids is 1. The Hall–Kier alpha value is -0.870. The molecule has 0 saturated carbocycles. The van der Waals surface area contributed by atoms with E-state index in [1.807, 2.05) is 25.1 Å². The molecule has 0 saturated heterocycles. The van der Waals surface area contributed by atoms with Gasteiger partial charge in [-0.1, -0.05) is 33.6 Å². The van der Waals surface area contributed by atoms with Crippen LogP contribution in [0.4, 0.5) is 0 Å². The number of carbonyl (C=O) groups is 1. The average molecular weight is 258 g/mol. The maximum atomic E-state index is 11.2. The molecule has 0 aliphatic carbocycles. The zero-order valence-corrected chi connectivity index (χ0v) is 9.67. The lowest BCUT2D eigenvalue weighted by atomic mass is 10.1. The van der Waals surface area contributed by atoms with Crippen molar-refractivity contribution >= 4 is 21.9 Å². The summed E-state index contributed by atoms with van der Waals surface area (Å²) in [6, 6.07) is 4.95. The molecule has 1 rings (SSSR count). The van der Waals surface area contributed by atoms with Crippen LogP contribution in [0, 0.1) is 6.92 Å². The highest BCUT2D eigenvalue weighted by atomic mass is 79.9. The van der Waals surface area contributed by atoms with Gasteiger partial charge in [0.15, 0.2) is 0 Å². The zero-order valence-electron chi connectivity index (χ0n) is 8.08. The zero-order chi connectivity index (χ0) is 10.7. The summed E-state index contributed by atoms with van der Waals surface area (Å²) in [4.78, 5) is 11.2. The van der Waals surface area contributed by atoms with Crippen molar-refractivity contribution in [1.82, 2.24) is 0 Å². The van der Waals surface area contributed by atoms with Crippen LogP contribution in [0.25, 0.3) is 0 Å². The molecule has 0 spiro atoms. The summed E-state index contributed by atoms with van der Waals surface area (Å²) in [5.74, 6) is -0.434. The van der Waals surface area contributed by atoms with Crippen LogP contribution in [0.1, 0.15) is 17.2 Å². The van der Waals surface area contributed by atoms with Gasteiger partial charge in [0.05, 0.1) is 7.11 Å². The minimum atomic E-state index is -0.728. The fraction of sp³-hybridized carbons (Fsp3) is 0.300. The van der Waals surface area contributed by atoms with Crippen molar-refractivity contribution in [2.24, 2.45) is 5.73 Å². The Morgan fingerprint density at radius 3 is 2.79 bits per heavy atom. The third kappa shape index (κ3) is 2.33. The molecule has 0 amide bonds. The van der Waals surface area contributed by atoms with Gasteiger partial charge in [0.2, 0.25) is 0 Å². The first-order valence-corrected chi connectivity index (χ1v) is 4.95. The quantitative estimate of drug-likeness (QED) is 0.824. The molecule has 4 heteroatoms. The van der Waals surface area contributed by atoms with E-state index in [2.05, 4.69) is 20.7 Å². The molecule has 1 aromatic carbocycles. The highest BCUT2D eigenvalue weighted by Gasteiger charge is 2.18. The SMILES string of the molecule is COC(=O)C(N)c1cc(C)ccc1Br. The minimum Gasteiger partial charge on any atom is -0.468 e. The highest BCUT2D eigenvalue weighted by molar-refractivity contribution is 9.10. The predicted molar refractivity (Wildman–Crippen MR) is 57.8 cm³/mol. The number of methoxy groups -OCH3 is 1. The van der Waals surface area contributed by atoms with Crippen LogP contribution in [-0.4, -0.2) is 13.1 Å². The summed E-state index contributed by atoms with van der Waals surface area (Å²) in [6.07, 6.45) is 0. The molecule has 0 aliphatic rings. The van der Waals surface area contributed by atoms with Crippen molar-refractivity contribution in [2.75, 3.05) is 7.11 Å². The van der Waals surface area contributed by atoms with Crippen LogP contribution in [0.5, 0.6) is 0 Å². The fourth-order valence-electron chi connectivity index (χ4n) is 1.16. The van der Waals surface area contributed by atoms with Gasteiger partial charge < -0.3 is 10.5 Å². The number of esters is 1. The van der Waals surface area contributed by atoms with E-state index in [4.69, 9.17) is 5.73 Å². The molecular formula is C10H12BrNO2. The van der Waals surface area contributed by atoms with Gasteiger partial charge >= 0.3 is 5.97 Å². The largest absolute Gasteiger partial charge is 0.468 e. The second-order valence-electron chi connectivity index (χ2n) is 3.03. The monoisotopic (exact) mass is 257 g/mol. The van der Waals surface area contributed by atoms with E-state index < -0.39 is 12.0 Å². The number of ether oxygens (including phenoxy) is 1.